The summed E-state index contributed by atoms with van der Waals surface area (Å²) in [6.45, 7) is 4.54. The van der Waals surface area contributed by atoms with E-state index in [0.29, 0.717) is 24.3 Å². The molecule has 37 heavy (non-hydrogen) atoms. The summed E-state index contributed by atoms with van der Waals surface area (Å²) in [5.41, 5.74) is 2.71. The molecule has 0 aliphatic rings. The van der Waals surface area contributed by atoms with E-state index in [0.717, 1.165) is 30.4 Å². The van der Waals surface area contributed by atoms with Crippen LogP contribution in [0.2, 0.25) is 0 Å². The van der Waals surface area contributed by atoms with Gasteiger partial charge in [0.2, 0.25) is 5.91 Å². The van der Waals surface area contributed by atoms with Gasteiger partial charge in [-0.15, -0.1) is 0 Å². The first-order valence-corrected chi connectivity index (χ1v) is 13.8. The van der Waals surface area contributed by atoms with Gasteiger partial charge in [0.1, 0.15) is 6.04 Å². The molecule has 196 valence electrons. The number of hydrogen-bond donors (Lipinski definition) is 4. The molecule has 0 unspecified atom stereocenters. The van der Waals surface area contributed by atoms with Crippen LogP contribution in [0, 0.1) is 6.92 Å². The number of benzene rings is 3. The standard InChI is InChI=1S/C28H34N4O4S/c1-3-4-8-19-29-27(33)26(20-22-9-6-5-7-10-22)31-28(34)30-23-13-15-24(16-14-23)32-37(35,36)25-17-11-21(2)12-18-25/h5-7,9-18,26,32H,3-4,8,19-20H2,1-2H3,(H,29,33)(H2,30,31,34)/t26-/m1/s1. The first-order chi connectivity index (χ1) is 17.8. The Morgan fingerprint density at radius 1 is 0.838 bits per heavy atom. The van der Waals surface area contributed by atoms with E-state index >= 15 is 0 Å². The average Bonchev–Trinajstić information content (AvgIpc) is 2.88. The van der Waals surface area contributed by atoms with Crippen molar-refractivity contribution in [2.75, 3.05) is 16.6 Å². The van der Waals surface area contributed by atoms with E-state index in [9.17, 15) is 18.0 Å². The molecule has 0 aliphatic heterocycles. The third-order valence-electron chi connectivity index (χ3n) is 5.71. The highest BCUT2D eigenvalue weighted by Gasteiger charge is 2.21. The van der Waals surface area contributed by atoms with Gasteiger partial charge >= 0.3 is 6.03 Å². The van der Waals surface area contributed by atoms with Crippen molar-refractivity contribution in [3.05, 3.63) is 90.0 Å². The van der Waals surface area contributed by atoms with E-state index < -0.39 is 22.1 Å². The predicted molar refractivity (Wildman–Crippen MR) is 147 cm³/mol. The van der Waals surface area contributed by atoms with E-state index in [1.165, 1.54) is 0 Å². The van der Waals surface area contributed by atoms with Crippen molar-refractivity contribution in [3.63, 3.8) is 0 Å². The summed E-state index contributed by atoms with van der Waals surface area (Å²) in [4.78, 5) is 25.7. The average molecular weight is 523 g/mol. The summed E-state index contributed by atoms with van der Waals surface area (Å²) in [6, 6.07) is 21.1. The van der Waals surface area contributed by atoms with Crippen LogP contribution in [0.1, 0.15) is 37.3 Å². The maximum absolute atomic E-state index is 12.8. The second-order valence-electron chi connectivity index (χ2n) is 8.83. The minimum Gasteiger partial charge on any atom is -0.354 e. The highest BCUT2D eigenvalue weighted by atomic mass is 32.2. The molecule has 0 aromatic heterocycles. The Morgan fingerprint density at radius 3 is 2.14 bits per heavy atom. The lowest BCUT2D eigenvalue weighted by molar-refractivity contribution is -0.122. The third-order valence-corrected chi connectivity index (χ3v) is 7.11. The maximum Gasteiger partial charge on any atom is 0.319 e. The van der Waals surface area contributed by atoms with Crippen LogP contribution in [-0.4, -0.2) is 32.9 Å². The van der Waals surface area contributed by atoms with Gasteiger partial charge in [-0.05, 0) is 55.3 Å². The number of aryl methyl sites for hydroxylation is 1. The van der Waals surface area contributed by atoms with Gasteiger partial charge in [-0.1, -0.05) is 67.8 Å². The topological polar surface area (TPSA) is 116 Å². The van der Waals surface area contributed by atoms with Crippen LogP contribution in [-0.2, 0) is 21.2 Å². The fourth-order valence-corrected chi connectivity index (χ4v) is 4.71. The molecule has 9 heteroatoms. The summed E-state index contributed by atoms with van der Waals surface area (Å²) in [6.07, 6.45) is 3.31. The van der Waals surface area contributed by atoms with Crippen LogP contribution in [0.3, 0.4) is 0 Å². The van der Waals surface area contributed by atoms with Crippen molar-refractivity contribution in [1.82, 2.24) is 10.6 Å². The zero-order valence-corrected chi connectivity index (χ0v) is 22.0. The van der Waals surface area contributed by atoms with Gasteiger partial charge in [-0.25, -0.2) is 13.2 Å². The van der Waals surface area contributed by atoms with E-state index in [2.05, 4.69) is 27.6 Å². The molecule has 3 aromatic rings. The number of urea groups is 1. The number of rotatable bonds is 12. The zero-order chi connectivity index (χ0) is 26.7. The minimum absolute atomic E-state index is 0.164. The Kier molecular flexibility index (Phi) is 10.1. The first kappa shape index (κ1) is 27.7. The van der Waals surface area contributed by atoms with Crippen molar-refractivity contribution in [1.29, 1.82) is 0 Å². The molecule has 3 aromatic carbocycles. The molecule has 0 radical (unpaired) electrons. The number of carbonyl (C=O) groups excluding carboxylic acids is 2. The molecule has 1 atom stereocenters. The lowest BCUT2D eigenvalue weighted by Gasteiger charge is -2.19. The van der Waals surface area contributed by atoms with Crippen LogP contribution < -0.4 is 20.7 Å². The molecule has 4 N–H and O–H groups in total. The Hall–Kier alpha value is -3.85. The van der Waals surface area contributed by atoms with E-state index in [1.807, 2.05) is 37.3 Å². The van der Waals surface area contributed by atoms with Gasteiger partial charge in [0.15, 0.2) is 0 Å². The second-order valence-corrected chi connectivity index (χ2v) is 10.5. The second kappa shape index (κ2) is 13.5. The Labute approximate surface area is 218 Å². The summed E-state index contributed by atoms with van der Waals surface area (Å²) in [5.74, 6) is -0.240. The molecular weight excluding hydrogens is 488 g/mol. The normalized spacial score (nSPS) is 11.8. The van der Waals surface area contributed by atoms with Crippen molar-refractivity contribution in [3.8, 4) is 0 Å². The van der Waals surface area contributed by atoms with Crippen LogP contribution in [0.4, 0.5) is 16.2 Å². The smallest absolute Gasteiger partial charge is 0.319 e. The molecule has 0 saturated heterocycles. The highest BCUT2D eigenvalue weighted by Crippen LogP contribution is 2.19. The van der Waals surface area contributed by atoms with Gasteiger partial charge in [-0.2, -0.15) is 0 Å². The summed E-state index contributed by atoms with van der Waals surface area (Å²) in [7, 11) is -3.73. The van der Waals surface area contributed by atoms with E-state index in [1.54, 1.807) is 48.5 Å². The summed E-state index contributed by atoms with van der Waals surface area (Å²) >= 11 is 0. The molecule has 8 nitrogen and oxygen atoms in total. The molecular formula is C28H34N4O4S. The summed E-state index contributed by atoms with van der Waals surface area (Å²) < 4.78 is 27.7. The SMILES string of the molecule is CCCCCNC(=O)[C@@H](Cc1ccccc1)NC(=O)Nc1ccc(NS(=O)(=O)c2ccc(C)cc2)cc1. The first-order valence-electron chi connectivity index (χ1n) is 12.4. The van der Waals surface area contributed by atoms with Crippen molar-refractivity contribution < 1.29 is 18.0 Å². The minimum atomic E-state index is -3.73. The Morgan fingerprint density at radius 2 is 1.49 bits per heavy atom. The van der Waals surface area contributed by atoms with Crippen molar-refractivity contribution in [2.24, 2.45) is 0 Å². The Bertz CT molecular complexity index is 1260. The Balaban J connectivity index is 1.60. The van der Waals surface area contributed by atoms with Gasteiger partial charge in [0, 0.05) is 24.3 Å². The van der Waals surface area contributed by atoms with Gasteiger partial charge in [0.05, 0.1) is 4.90 Å². The van der Waals surface area contributed by atoms with Gasteiger partial charge in [0.25, 0.3) is 10.0 Å². The van der Waals surface area contributed by atoms with Gasteiger partial charge < -0.3 is 16.0 Å². The number of carbonyl (C=O) groups is 2. The van der Waals surface area contributed by atoms with Crippen LogP contribution in [0.15, 0.2) is 83.8 Å². The quantitative estimate of drug-likeness (QED) is 0.255. The van der Waals surface area contributed by atoms with Crippen LogP contribution in [0.5, 0.6) is 0 Å². The number of hydrogen-bond acceptors (Lipinski definition) is 4. The fourth-order valence-electron chi connectivity index (χ4n) is 3.65. The number of unbranched alkanes of at least 4 members (excludes halogenated alkanes) is 2. The number of sulfonamides is 1. The number of anilines is 2. The highest BCUT2D eigenvalue weighted by molar-refractivity contribution is 7.92. The van der Waals surface area contributed by atoms with Crippen molar-refractivity contribution >= 4 is 33.3 Å². The molecule has 0 spiro atoms. The molecule has 0 bridgehead atoms. The molecule has 0 fully saturated rings. The zero-order valence-electron chi connectivity index (χ0n) is 21.2. The number of nitrogens with one attached hydrogen (secondary N) is 4. The van der Waals surface area contributed by atoms with Crippen LogP contribution in [0.25, 0.3) is 0 Å². The monoisotopic (exact) mass is 522 g/mol. The predicted octanol–water partition coefficient (Wildman–Crippen LogP) is 4.84. The number of amides is 3. The third kappa shape index (κ3) is 8.95. The maximum atomic E-state index is 12.8. The van der Waals surface area contributed by atoms with E-state index in [-0.39, 0.29) is 10.8 Å². The largest absolute Gasteiger partial charge is 0.354 e. The molecule has 3 amide bonds. The fraction of sp³-hybridized carbons (Fsp3) is 0.286. The molecule has 0 aliphatic carbocycles. The molecule has 0 heterocycles. The summed E-state index contributed by atoms with van der Waals surface area (Å²) in [5, 5.41) is 8.38. The van der Waals surface area contributed by atoms with Crippen LogP contribution >= 0.6 is 0 Å². The molecule has 3 rings (SSSR count). The van der Waals surface area contributed by atoms with E-state index in [4.69, 9.17) is 0 Å². The lowest BCUT2D eigenvalue weighted by Crippen LogP contribution is -2.49. The lowest BCUT2D eigenvalue weighted by atomic mass is 10.1. The molecule has 0 saturated carbocycles. The van der Waals surface area contributed by atoms with Crippen molar-refractivity contribution in [2.45, 2.75) is 50.5 Å². The van der Waals surface area contributed by atoms with Gasteiger partial charge in [-0.3, -0.25) is 9.52 Å².